The van der Waals surface area contributed by atoms with Gasteiger partial charge in [-0.25, -0.2) is 0 Å². The van der Waals surface area contributed by atoms with Crippen LogP contribution in [-0.2, 0) is 0 Å². The molecule has 1 saturated carbocycles. The minimum atomic E-state index is 0.994. The lowest BCUT2D eigenvalue weighted by atomic mass is 9.94. The molecule has 2 unspecified atom stereocenters. The summed E-state index contributed by atoms with van der Waals surface area (Å²) in [6, 6.07) is 0. The second-order valence-corrected chi connectivity index (χ2v) is 5.52. The summed E-state index contributed by atoms with van der Waals surface area (Å²) >= 11 is 0. The second kappa shape index (κ2) is 7.27. The Bertz CT molecular complexity index is 155. The standard InChI is InChI=1S/C14H29N/c1-4-15(3)12-6-9-14-8-5-7-13(2)10-11-14/h13-14H,4-12H2,1-3H3. The van der Waals surface area contributed by atoms with Gasteiger partial charge in [0.15, 0.2) is 0 Å². The maximum absolute atomic E-state index is 2.43. The second-order valence-electron chi connectivity index (χ2n) is 5.52. The highest BCUT2D eigenvalue weighted by molar-refractivity contribution is 4.68. The molecule has 0 aromatic carbocycles. The molecule has 0 bridgehead atoms. The van der Waals surface area contributed by atoms with Crippen molar-refractivity contribution in [3.63, 3.8) is 0 Å². The maximum atomic E-state index is 2.43. The van der Waals surface area contributed by atoms with E-state index in [1.54, 1.807) is 0 Å². The van der Waals surface area contributed by atoms with Crippen molar-refractivity contribution in [3.05, 3.63) is 0 Å². The Hall–Kier alpha value is -0.0400. The summed E-state index contributed by atoms with van der Waals surface area (Å²) in [5.41, 5.74) is 0. The highest BCUT2D eigenvalue weighted by atomic mass is 15.1. The third-order valence-electron chi connectivity index (χ3n) is 4.07. The van der Waals surface area contributed by atoms with E-state index >= 15 is 0 Å². The molecule has 0 aliphatic heterocycles. The molecule has 0 heterocycles. The lowest BCUT2D eigenvalue weighted by Crippen LogP contribution is -2.19. The fraction of sp³-hybridized carbons (Fsp3) is 1.00. The first-order valence-corrected chi connectivity index (χ1v) is 6.91. The summed E-state index contributed by atoms with van der Waals surface area (Å²) in [6.45, 7) is 7.16. The smallest absolute Gasteiger partial charge is 0.00218 e. The van der Waals surface area contributed by atoms with E-state index in [0.717, 1.165) is 11.8 Å². The van der Waals surface area contributed by atoms with E-state index in [1.165, 1.54) is 58.0 Å². The van der Waals surface area contributed by atoms with Crippen LogP contribution < -0.4 is 0 Å². The Labute approximate surface area is 96.2 Å². The van der Waals surface area contributed by atoms with Gasteiger partial charge in [-0.1, -0.05) is 46.0 Å². The predicted molar refractivity (Wildman–Crippen MR) is 68.1 cm³/mol. The summed E-state index contributed by atoms with van der Waals surface area (Å²) in [6.07, 6.45) is 10.3. The van der Waals surface area contributed by atoms with Crippen LogP contribution in [-0.4, -0.2) is 25.0 Å². The molecule has 0 aromatic heterocycles. The van der Waals surface area contributed by atoms with Crippen molar-refractivity contribution in [1.29, 1.82) is 0 Å². The molecule has 1 aliphatic rings. The van der Waals surface area contributed by atoms with E-state index in [2.05, 4.69) is 25.8 Å². The summed E-state index contributed by atoms with van der Waals surface area (Å²) in [5, 5.41) is 0. The van der Waals surface area contributed by atoms with Gasteiger partial charge in [-0.15, -0.1) is 0 Å². The monoisotopic (exact) mass is 211 g/mol. The maximum Gasteiger partial charge on any atom is -0.00218 e. The van der Waals surface area contributed by atoms with Gasteiger partial charge in [-0.3, -0.25) is 0 Å². The van der Waals surface area contributed by atoms with Crippen molar-refractivity contribution in [1.82, 2.24) is 4.90 Å². The number of hydrogen-bond donors (Lipinski definition) is 0. The lowest BCUT2D eigenvalue weighted by molar-refractivity contribution is 0.316. The molecule has 0 N–H and O–H groups in total. The first-order valence-electron chi connectivity index (χ1n) is 6.91. The van der Waals surface area contributed by atoms with Gasteiger partial charge in [0.1, 0.15) is 0 Å². The van der Waals surface area contributed by atoms with E-state index in [4.69, 9.17) is 0 Å². The van der Waals surface area contributed by atoms with E-state index < -0.39 is 0 Å². The summed E-state index contributed by atoms with van der Waals surface area (Å²) in [7, 11) is 2.23. The topological polar surface area (TPSA) is 3.24 Å². The molecule has 15 heavy (non-hydrogen) atoms. The Morgan fingerprint density at radius 1 is 1.13 bits per heavy atom. The number of nitrogens with zero attached hydrogens (tertiary/aromatic N) is 1. The van der Waals surface area contributed by atoms with Crippen LogP contribution in [0.5, 0.6) is 0 Å². The van der Waals surface area contributed by atoms with E-state index in [0.29, 0.717) is 0 Å². The van der Waals surface area contributed by atoms with Crippen LogP contribution in [0.15, 0.2) is 0 Å². The normalized spacial score (nSPS) is 28.0. The Balaban J connectivity index is 2.10. The van der Waals surface area contributed by atoms with Crippen molar-refractivity contribution in [2.45, 2.75) is 58.8 Å². The fourth-order valence-electron chi connectivity index (χ4n) is 2.66. The van der Waals surface area contributed by atoms with Crippen LogP contribution in [0.3, 0.4) is 0 Å². The SMILES string of the molecule is CCN(C)CCCC1CCCC(C)CC1. The third-order valence-corrected chi connectivity index (χ3v) is 4.07. The van der Waals surface area contributed by atoms with Gasteiger partial charge in [-0.2, -0.15) is 0 Å². The van der Waals surface area contributed by atoms with Crippen LogP contribution in [0.25, 0.3) is 0 Å². The molecule has 2 atom stereocenters. The minimum absolute atomic E-state index is 0.994. The Morgan fingerprint density at radius 3 is 2.67 bits per heavy atom. The summed E-state index contributed by atoms with van der Waals surface area (Å²) in [4.78, 5) is 2.43. The molecule has 0 spiro atoms. The average molecular weight is 211 g/mol. The molecule has 1 fully saturated rings. The van der Waals surface area contributed by atoms with Crippen molar-refractivity contribution < 1.29 is 0 Å². The average Bonchev–Trinajstić information content (AvgIpc) is 2.43. The Kier molecular flexibility index (Phi) is 6.31. The molecule has 0 amide bonds. The summed E-state index contributed by atoms with van der Waals surface area (Å²) < 4.78 is 0. The number of hydrogen-bond acceptors (Lipinski definition) is 1. The summed E-state index contributed by atoms with van der Waals surface area (Å²) in [5.74, 6) is 2.04. The number of rotatable bonds is 5. The van der Waals surface area contributed by atoms with E-state index in [1.807, 2.05) is 0 Å². The highest BCUT2D eigenvalue weighted by Gasteiger charge is 2.15. The van der Waals surface area contributed by atoms with Crippen LogP contribution in [0.4, 0.5) is 0 Å². The molecular formula is C14H29N. The molecule has 0 aromatic rings. The van der Waals surface area contributed by atoms with Gasteiger partial charge in [0.25, 0.3) is 0 Å². The van der Waals surface area contributed by atoms with E-state index in [9.17, 15) is 0 Å². The molecule has 1 rings (SSSR count). The zero-order valence-corrected chi connectivity index (χ0v) is 11.0. The zero-order valence-electron chi connectivity index (χ0n) is 11.0. The largest absolute Gasteiger partial charge is 0.307 e. The van der Waals surface area contributed by atoms with Crippen LogP contribution in [0.2, 0.25) is 0 Å². The van der Waals surface area contributed by atoms with Crippen molar-refractivity contribution in [2.24, 2.45) is 11.8 Å². The molecule has 90 valence electrons. The van der Waals surface area contributed by atoms with E-state index in [-0.39, 0.29) is 0 Å². The van der Waals surface area contributed by atoms with Gasteiger partial charge in [0.05, 0.1) is 0 Å². The first kappa shape index (κ1) is 13.0. The molecule has 0 radical (unpaired) electrons. The highest BCUT2D eigenvalue weighted by Crippen LogP contribution is 2.29. The van der Waals surface area contributed by atoms with Crippen LogP contribution in [0.1, 0.15) is 58.8 Å². The fourth-order valence-corrected chi connectivity index (χ4v) is 2.66. The van der Waals surface area contributed by atoms with Gasteiger partial charge < -0.3 is 4.90 Å². The van der Waals surface area contributed by atoms with Gasteiger partial charge >= 0.3 is 0 Å². The predicted octanol–water partition coefficient (Wildman–Crippen LogP) is 3.93. The minimum Gasteiger partial charge on any atom is -0.307 e. The first-order chi connectivity index (χ1) is 7.22. The lowest BCUT2D eigenvalue weighted by Gasteiger charge is -2.17. The van der Waals surface area contributed by atoms with Crippen molar-refractivity contribution >= 4 is 0 Å². The molecule has 1 heteroatoms. The Morgan fingerprint density at radius 2 is 1.93 bits per heavy atom. The quantitative estimate of drug-likeness (QED) is 0.623. The van der Waals surface area contributed by atoms with Gasteiger partial charge in [-0.05, 0) is 44.8 Å². The zero-order chi connectivity index (χ0) is 11.1. The van der Waals surface area contributed by atoms with Gasteiger partial charge in [0.2, 0.25) is 0 Å². The third kappa shape index (κ3) is 5.55. The van der Waals surface area contributed by atoms with Crippen molar-refractivity contribution in [3.8, 4) is 0 Å². The molecule has 1 nitrogen and oxygen atoms in total. The van der Waals surface area contributed by atoms with Gasteiger partial charge in [0, 0.05) is 0 Å². The molecule has 1 aliphatic carbocycles. The molecule has 0 saturated heterocycles. The van der Waals surface area contributed by atoms with Crippen LogP contribution >= 0.6 is 0 Å². The molecular weight excluding hydrogens is 182 g/mol. The van der Waals surface area contributed by atoms with Crippen molar-refractivity contribution in [2.75, 3.05) is 20.1 Å². The van der Waals surface area contributed by atoms with Crippen LogP contribution in [0, 0.1) is 11.8 Å².